The van der Waals surface area contributed by atoms with Crippen LogP contribution in [0.4, 0.5) is 10.5 Å². The normalized spacial score (nSPS) is 27.8. The molecule has 1 N–H and O–H groups in total. The summed E-state index contributed by atoms with van der Waals surface area (Å²) < 4.78 is 5.24. The van der Waals surface area contributed by atoms with Gasteiger partial charge in [-0.05, 0) is 37.6 Å². The third kappa shape index (κ3) is 1.60. The lowest BCUT2D eigenvalue weighted by Gasteiger charge is -2.30. The van der Waals surface area contributed by atoms with Crippen LogP contribution in [0.5, 0.6) is 0 Å². The molecule has 0 bridgehead atoms. The monoisotopic (exact) mass is 232 g/mol. The lowest BCUT2D eigenvalue weighted by Crippen LogP contribution is -2.49. The summed E-state index contributed by atoms with van der Waals surface area (Å²) in [6.07, 6.45) is 0.728. The van der Waals surface area contributed by atoms with Crippen LogP contribution in [0.3, 0.4) is 0 Å². The number of aryl methyl sites for hydroxylation is 1. The molecule has 2 aliphatic rings. The van der Waals surface area contributed by atoms with E-state index in [2.05, 4.69) is 5.32 Å². The van der Waals surface area contributed by atoms with Crippen molar-refractivity contribution in [3.63, 3.8) is 0 Å². The Hall–Kier alpha value is -1.55. The van der Waals surface area contributed by atoms with Gasteiger partial charge in [0.05, 0.1) is 5.54 Å². The Kier molecular flexibility index (Phi) is 2.33. The number of hydrogen-bond donors (Lipinski definition) is 1. The van der Waals surface area contributed by atoms with Crippen LogP contribution < -0.4 is 10.2 Å². The molecule has 2 saturated heterocycles. The molecular formula is C13H16N2O2. The SMILES string of the molecule is Cc1cccc(N2C(=O)OCC23CCNC3)c1. The highest BCUT2D eigenvalue weighted by molar-refractivity contribution is 5.91. The molecule has 4 heteroatoms. The first-order chi connectivity index (χ1) is 8.21. The van der Waals surface area contributed by atoms with E-state index in [1.54, 1.807) is 0 Å². The van der Waals surface area contributed by atoms with Crippen LogP contribution in [-0.2, 0) is 4.74 Å². The van der Waals surface area contributed by atoms with E-state index in [0.29, 0.717) is 6.61 Å². The van der Waals surface area contributed by atoms with Crippen molar-refractivity contribution < 1.29 is 9.53 Å². The first-order valence-corrected chi connectivity index (χ1v) is 5.96. The number of anilines is 1. The third-order valence-electron chi connectivity index (χ3n) is 3.60. The molecule has 1 amide bonds. The number of carbonyl (C=O) groups is 1. The molecule has 0 saturated carbocycles. The average Bonchev–Trinajstić information content (AvgIpc) is 2.88. The smallest absolute Gasteiger partial charge is 0.415 e. The predicted molar refractivity (Wildman–Crippen MR) is 65.2 cm³/mol. The van der Waals surface area contributed by atoms with Crippen LogP contribution in [0, 0.1) is 6.92 Å². The van der Waals surface area contributed by atoms with Crippen molar-refractivity contribution in [2.45, 2.75) is 18.9 Å². The van der Waals surface area contributed by atoms with Crippen LogP contribution in [0.2, 0.25) is 0 Å². The maximum atomic E-state index is 11.9. The highest BCUT2D eigenvalue weighted by Gasteiger charge is 2.49. The van der Waals surface area contributed by atoms with Gasteiger partial charge in [0, 0.05) is 12.2 Å². The number of ether oxygens (including phenoxy) is 1. The molecule has 1 unspecified atom stereocenters. The second-order valence-corrected chi connectivity index (χ2v) is 4.88. The van der Waals surface area contributed by atoms with Crippen LogP contribution in [0.25, 0.3) is 0 Å². The fraction of sp³-hybridized carbons (Fsp3) is 0.462. The van der Waals surface area contributed by atoms with E-state index in [-0.39, 0.29) is 11.6 Å². The van der Waals surface area contributed by atoms with E-state index < -0.39 is 0 Å². The molecule has 1 spiro atoms. The molecule has 3 rings (SSSR count). The molecule has 0 aliphatic carbocycles. The molecule has 2 heterocycles. The standard InChI is InChI=1S/C13H16N2O2/c1-10-3-2-4-11(7-10)15-12(16)17-9-13(15)5-6-14-8-13/h2-4,7,14H,5-6,8-9H2,1H3. The van der Waals surface area contributed by atoms with Crippen LogP contribution >= 0.6 is 0 Å². The van der Waals surface area contributed by atoms with E-state index in [1.807, 2.05) is 36.1 Å². The number of carbonyl (C=O) groups excluding carboxylic acids is 1. The van der Waals surface area contributed by atoms with E-state index >= 15 is 0 Å². The van der Waals surface area contributed by atoms with E-state index in [4.69, 9.17) is 4.74 Å². The van der Waals surface area contributed by atoms with Crippen molar-refractivity contribution in [2.24, 2.45) is 0 Å². The molecule has 2 fully saturated rings. The topological polar surface area (TPSA) is 41.6 Å². The van der Waals surface area contributed by atoms with Gasteiger partial charge in [0.25, 0.3) is 0 Å². The van der Waals surface area contributed by atoms with Crippen LogP contribution in [-0.4, -0.2) is 31.3 Å². The Bertz CT molecular complexity index is 452. The van der Waals surface area contributed by atoms with Crippen molar-refractivity contribution in [3.8, 4) is 0 Å². The fourth-order valence-corrected chi connectivity index (χ4v) is 2.71. The van der Waals surface area contributed by atoms with Gasteiger partial charge in [-0.25, -0.2) is 4.79 Å². The fourth-order valence-electron chi connectivity index (χ4n) is 2.71. The second-order valence-electron chi connectivity index (χ2n) is 4.88. The van der Waals surface area contributed by atoms with Gasteiger partial charge in [0.15, 0.2) is 0 Å². The number of nitrogens with zero attached hydrogens (tertiary/aromatic N) is 1. The number of benzene rings is 1. The summed E-state index contributed by atoms with van der Waals surface area (Å²) in [6.45, 7) is 4.28. The zero-order valence-corrected chi connectivity index (χ0v) is 9.90. The van der Waals surface area contributed by atoms with Gasteiger partial charge in [-0.15, -0.1) is 0 Å². The molecule has 1 aromatic rings. The first-order valence-electron chi connectivity index (χ1n) is 5.96. The minimum atomic E-state index is -0.223. The Morgan fingerprint density at radius 2 is 2.35 bits per heavy atom. The lowest BCUT2D eigenvalue weighted by molar-refractivity contribution is 0.174. The number of amides is 1. The Morgan fingerprint density at radius 3 is 3.06 bits per heavy atom. The molecule has 1 aromatic carbocycles. The number of nitrogens with one attached hydrogen (secondary N) is 1. The molecule has 1 atom stereocenters. The summed E-state index contributed by atoms with van der Waals surface area (Å²) in [5.74, 6) is 0. The van der Waals surface area contributed by atoms with Crippen LogP contribution in [0.15, 0.2) is 24.3 Å². The third-order valence-corrected chi connectivity index (χ3v) is 3.60. The van der Waals surface area contributed by atoms with Gasteiger partial charge in [-0.1, -0.05) is 12.1 Å². The van der Waals surface area contributed by atoms with Gasteiger partial charge in [-0.3, -0.25) is 4.90 Å². The highest BCUT2D eigenvalue weighted by Crippen LogP contribution is 2.35. The minimum Gasteiger partial charge on any atom is -0.447 e. The van der Waals surface area contributed by atoms with Crippen molar-refractivity contribution in [1.82, 2.24) is 5.32 Å². The maximum absolute atomic E-state index is 11.9. The number of hydrogen-bond acceptors (Lipinski definition) is 3. The highest BCUT2D eigenvalue weighted by atomic mass is 16.6. The quantitative estimate of drug-likeness (QED) is 0.801. The predicted octanol–water partition coefficient (Wildman–Crippen LogP) is 1.68. The summed E-state index contributed by atoms with van der Waals surface area (Å²) >= 11 is 0. The van der Waals surface area contributed by atoms with Gasteiger partial charge < -0.3 is 10.1 Å². The lowest BCUT2D eigenvalue weighted by atomic mass is 9.97. The first kappa shape index (κ1) is 10.6. The summed E-state index contributed by atoms with van der Waals surface area (Å²) in [4.78, 5) is 13.7. The summed E-state index contributed by atoms with van der Waals surface area (Å²) in [5, 5.41) is 3.32. The molecular weight excluding hydrogens is 216 g/mol. The Balaban J connectivity index is 2.01. The minimum absolute atomic E-state index is 0.176. The van der Waals surface area contributed by atoms with Crippen molar-refractivity contribution in [2.75, 3.05) is 24.6 Å². The molecule has 90 valence electrons. The van der Waals surface area contributed by atoms with Gasteiger partial charge in [0.2, 0.25) is 0 Å². The molecule has 17 heavy (non-hydrogen) atoms. The molecule has 4 nitrogen and oxygen atoms in total. The average molecular weight is 232 g/mol. The number of cyclic esters (lactones) is 1. The van der Waals surface area contributed by atoms with Gasteiger partial charge in [-0.2, -0.15) is 0 Å². The van der Waals surface area contributed by atoms with Gasteiger partial charge >= 0.3 is 6.09 Å². The Labute approximate surface area is 101 Å². The maximum Gasteiger partial charge on any atom is 0.415 e. The van der Waals surface area contributed by atoms with Crippen molar-refractivity contribution in [1.29, 1.82) is 0 Å². The number of rotatable bonds is 1. The van der Waals surface area contributed by atoms with Gasteiger partial charge in [0.1, 0.15) is 6.61 Å². The summed E-state index contributed by atoms with van der Waals surface area (Å²) in [5.41, 5.74) is 1.92. The summed E-state index contributed by atoms with van der Waals surface area (Å²) in [7, 11) is 0. The zero-order chi connectivity index (χ0) is 11.9. The van der Waals surface area contributed by atoms with Crippen molar-refractivity contribution >= 4 is 11.8 Å². The molecule has 0 radical (unpaired) electrons. The van der Waals surface area contributed by atoms with E-state index in [1.165, 1.54) is 0 Å². The molecule has 2 aliphatic heterocycles. The Morgan fingerprint density at radius 1 is 1.47 bits per heavy atom. The van der Waals surface area contributed by atoms with Crippen LogP contribution in [0.1, 0.15) is 12.0 Å². The van der Waals surface area contributed by atoms with E-state index in [0.717, 1.165) is 30.8 Å². The van der Waals surface area contributed by atoms with Crippen molar-refractivity contribution in [3.05, 3.63) is 29.8 Å². The van der Waals surface area contributed by atoms with E-state index in [9.17, 15) is 4.79 Å². The second kappa shape index (κ2) is 3.74. The molecule has 0 aromatic heterocycles. The zero-order valence-electron chi connectivity index (χ0n) is 9.90. The largest absolute Gasteiger partial charge is 0.447 e. The summed E-state index contributed by atoms with van der Waals surface area (Å²) in [6, 6.07) is 8.02.